The van der Waals surface area contributed by atoms with Crippen LogP contribution in [0.2, 0.25) is 0 Å². The second-order valence-corrected chi connectivity index (χ2v) is 0.854. The topological polar surface area (TPSA) is 0 Å². The fourth-order valence-electron chi connectivity index (χ4n) is 0. The van der Waals surface area contributed by atoms with Crippen molar-refractivity contribution in [3.05, 3.63) is 6.92 Å². The summed E-state index contributed by atoms with van der Waals surface area (Å²) in [7, 11) is 0. The van der Waals surface area contributed by atoms with Crippen molar-refractivity contribution in [3.8, 4) is 0 Å². The van der Waals surface area contributed by atoms with Gasteiger partial charge in [0.25, 0.3) is 0 Å². The maximum atomic E-state index is 3.60. The Balaban J connectivity index is 0. The zero-order chi connectivity index (χ0) is 3.41. The molecule has 1 heteroatoms. The second-order valence-electron chi connectivity index (χ2n) is 0.854. The molecule has 0 saturated heterocycles. The van der Waals surface area contributed by atoms with Crippen molar-refractivity contribution in [2.45, 2.75) is 19.8 Å². The molecule has 0 rings (SSSR count). The van der Waals surface area contributed by atoms with Gasteiger partial charge in [-0.15, -0.1) is 0 Å². The van der Waals surface area contributed by atoms with Gasteiger partial charge in [-0.1, -0.05) is 26.7 Å². The molecule has 0 aromatic heterocycles. The Morgan fingerprint density at radius 2 is 1.80 bits per heavy atom. The molecule has 0 aromatic carbocycles. The van der Waals surface area contributed by atoms with Crippen LogP contribution in [0, 0.1) is 6.92 Å². The Kier molecular flexibility index (Phi) is 16.2. The molecule has 0 heterocycles. The van der Waals surface area contributed by atoms with E-state index in [4.69, 9.17) is 0 Å². The van der Waals surface area contributed by atoms with Crippen molar-refractivity contribution in [2.75, 3.05) is 0 Å². The van der Waals surface area contributed by atoms with Crippen LogP contribution in [0.25, 0.3) is 0 Å². The summed E-state index contributed by atoms with van der Waals surface area (Å²) in [5, 5.41) is 0. The van der Waals surface area contributed by atoms with Crippen LogP contribution in [-0.2, 0) is 21.1 Å². The maximum absolute atomic E-state index is 3.60. The van der Waals surface area contributed by atoms with Gasteiger partial charge in [-0.25, -0.2) is 0 Å². The van der Waals surface area contributed by atoms with Gasteiger partial charge in [0, 0.05) is 21.1 Å². The average Bonchev–Trinajstić information content (AvgIpc) is 1.37. The van der Waals surface area contributed by atoms with Crippen molar-refractivity contribution < 1.29 is 21.1 Å². The van der Waals surface area contributed by atoms with Gasteiger partial charge in [-0.2, -0.15) is 0 Å². The zero-order valence-corrected chi connectivity index (χ0v) is 5.54. The van der Waals surface area contributed by atoms with Gasteiger partial charge >= 0.3 is 0 Å². The molecule has 0 aliphatic rings. The van der Waals surface area contributed by atoms with E-state index in [1.807, 2.05) is 0 Å². The maximum Gasteiger partial charge on any atom is 0 e. The Morgan fingerprint density at radius 1 is 1.60 bits per heavy atom. The van der Waals surface area contributed by atoms with E-state index in [9.17, 15) is 0 Å². The first kappa shape index (κ1) is 9.19. The first-order valence-corrected chi connectivity index (χ1v) is 1.71. The monoisotopic (exact) mass is 155 g/mol. The molecule has 31 valence electrons. The summed E-state index contributed by atoms with van der Waals surface area (Å²) in [5.74, 6) is 0. The standard InChI is InChI=1S/C4H9.Mo/c1-3-4-2;/h1,3-4H2,2H3;. The fourth-order valence-corrected chi connectivity index (χ4v) is 0. The van der Waals surface area contributed by atoms with Gasteiger partial charge in [-0.05, 0) is 0 Å². The van der Waals surface area contributed by atoms with Crippen LogP contribution >= 0.6 is 0 Å². The molecule has 0 atom stereocenters. The SMILES string of the molecule is [CH2]CCC.[Mo]. The van der Waals surface area contributed by atoms with Crippen LogP contribution in [0.1, 0.15) is 19.8 Å². The van der Waals surface area contributed by atoms with Gasteiger partial charge < -0.3 is 0 Å². The molecule has 0 N–H and O–H groups in total. The van der Waals surface area contributed by atoms with Crippen LogP contribution in [0.5, 0.6) is 0 Å². The van der Waals surface area contributed by atoms with E-state index in [2.05, 4.69) is 13.8 Å². The summed E-state index contributed by atoms with van der Waals surface area (Å²) < 4.78 is 0. The van der Waals surface area contributed by atoms with Gasteiger partial charge in [0.05, 0.1) is 0 Å². The molecule has 0 bridgehead atoms. The van der Waals surface area contributed by atoms with E-state index in [-0.39, 0.29) is 21.1 Å². The quantitative estimate of drug-likeness (QED) is 0.502. The molecule has 1 radical (unpaired) electrons. The first-order chi connectivity index (χ1) is 1.91. The third-order valence-electron chi connectivity index (χ3n) is 0.354. The normalized spacial score (nSPS) is 6.00. The number of hydrogen-bond acceptors (Lipinski definition) is 0. The minimum Gasteiger partial charge on any atom is -0.0654 e. The molecule has 0 saturated carbocycles. The average molecular weight is 153 g/mol. The summed E-state index contributed by atoms with van der Waals surface area (Å²) >= 11 is 0. The third kappa shape index (κ3) is 11.9. The molecule has 0 amide bonds. The van der Waals surface area contributed by atoms with Gasteiger partial charge in [0.2, 0.25) is 0 Å². The summed E-state index contributed by atoms with van der Waals surface area (Å²) in [6, 6.07) is 0. The van der Waals surface area contributed by atoms with Gasteiger partial charge in [0.1, 0.15) is 0 Å². The van der Waals surface area contributed by atoms with Crippen LogP contribution < -0.4 is 0 Å². The molecular formula is C4H9Mo. The summed E-state index contributed by atoms with van der Waals surface area (Å²) in [6.07, 6.45) is 2.28. The molecule has 0 unspecified atom stereocenters. The molecule has 0 fully saturated rings. The van der Waals surface area contributed by atoms with Gasteiger partial charge in [0.15, 0.2) is 0 Å². The Morgan fingerprint density at radius 3 is 1.80 bits per heavy atom. The molecular weight excluding hydrogens is 144 g/mol. The van der Waals surface area contributed by atoms with Crippen molar-refractivity contribution >= 4 is 0 Å². The molecule has 5 heavy (non-hydrogen) atoms. The first-order valence-electron chi connectivity index (χ1n) is 1.71. The minimum absolute atomic E-state index is 0. The number of rotatable bonds is 1. The predicted octanol–water partition coefficient (Wildman–Crippen LogP) is 1.62. The summed E-state index contributed by atoms with van der Waals surface area (Å²) in [5.41, 5.74) is 0. The molecule has 0 nitrogen and oxygen atoms in total. The molecule has 0 aliphatic carbocycles. The van der Waals surface area contributed by atoms with E-state index >= 15 is 0 Å². The largest absolute Gasteiger partial charge is 0.0654 e. The van der Waals surface area contributed by atoms with Crippen molar-refractivity contribution in [2.24, 2.45) is 0 Å². The van der Waals surface area contributed by atoms with Crippen LogP contribution in [-0.4, -0.2) is 0 Å². The van der Waals surface area contributed by atoms with E-state index in [0.29, 0.717) is 0 Å². The van der Waals surface area contributed by atoms with E-state index in [1.54, 1.807) is 0 Å². The smallest absolute Gasteiger partial charge is 0 e. The summed E-state index contributed by atoms with van der Waals surface area (Å²) in [4.78, 5) is 0. The van der Waals surface area contributed by atoms with Gasteiger partial charge in [-0.3, -0.25) is 0 Å². The minimum atomic E-state index is 0. The molecule has 0 aliphatic heterocycles. The predicted molar refractivity (Wildman–Crippen MR) is 20.3 cm³/mol. The molecule has 0 spiro atoms. The number of unbranched alkanes of at least 4 members (excludes halogenated alkanes) is 1. The van der Waals surface area contributed by atoms with Crippen molar-refractivity contribution in [1.29, 1.82) is 0 Å². The second kappa shape index (κ2) is 8.82. The van der Waals surface area contributed by atoms with E-state index < -0.39 is 0 Å². The third-order valence-corrected chi connectivity index (χ3v) is 0.354. The fraction of sp³-hybridized carbons (Fsp3) is 0.750. The molecule has 0 aromatic rings. The zero-order valence-electron chi connectivity index (χ0n) is 3.53. The van der Waals surface area contributed by atoms with Crippen LogP contribution in [0.15, 0.2) is 0 Å². The summed E-state index contributed by atoms with van der Waals surface area (Å²) in [6.45, 7) is 5.72. The van der Waals surface area contributed by atoms with E-state index in [0.717, 1.165) is 6.42 Å². The van der Waals surface area contributed by atoms with Crippen LogP contribution in [0.4, 0.5) is 0 Å². The number of hydrogen-bond donors (Lipinski definition) is 0. The van der Waals surface area contributed by atoms with Crippen molar-refractivity contribution in [1.82, 2.24) is 0 Å². The van der Waals surface area contributed by atoms with Crippen LogP contribution in [0.3, 0.4) is 0 Å². The van der Waals surface area contributed by atoms with E-state index in [1.165, 1.54) is 6.42 Å². The van der Waals surface area contributed by atoms with Crippen molar-refractivity contribution in [3.63, 3.8) is 0 Å². The Labute approximate surface area is 48.2 Å². The Hall–Kier alpha value is 0.688. The Bertz CT molecular complexity index is 5.61.